The molecule has 18 heavy (non-hydrogen) atoms. The zero-order chi connectivity index (χ0) is 13.7. The van der Waals surface area contributed by atoms with E-state index in [0.29, 0.717) is 0 Å². The number of carbonyl (C=O) groups excluding carboxylic acids is 2. The lowest BCUT2D eigenvalue weighted by Gasteiger charge is -2.06. The maximum absolute atomic E-state index is 11.5. The van der Waals surface area contributed by atoms with Gasteiger partial charge in [0.15, 0.2) is 6.10 Å². The van der Waals surface area contributed by atoms with Crippen molar-refractivity contribution < 1.29 is 29.3 Å². The quantitative estimate of drug-likeness (QED) is 0.602. The molecule has 0 heterocycles. The Kier molecular flexibility index (Phi) is 4.56. The van der Waals surface area contributed by atoms with E-state index in [9.17, 15) is 14.4 Å². The highest BCUT2D eigenvalue weighted by Gasteiger charge is 2.20. The lowest BCUT2D eigenvalue weighted by Crippen LogP contribution is -2.25. The van der Waals surface area contributed by atoms with Gasteiger partial charge in [0, 0.05) is 0 Å². The summed E-state index contributed by atoms with van der Waals surface area (Å²) in [5.74, 6) is -3.31. The summed E-state index contributed by atoms with van der Waals surface area (Å²) in [5.41, 5.74) is -0.175. The van der Waals surface area contributed by atoms with Crippen LogP contribution in [-0.4, -0.2) is 34.2 Å². The molecule has 1 radical (unpaired) electrons. The van der Waals surface area contributed by atoms with Gasteiger partial charge in [-0.2, -0.15) is 0 Å². The molecule has 1 unspecified atom stereocenters. The molecule has 1 aromatic rings. The number of hydrogen-bond acceptors (Lipinski definition) is 5. The summed E-state index contributed by atoms with van der Waals surface area (Å²) in [6.45, 7) is 1.43. The number of esters is 2. The smallest absolute Gasteiger partial charge is 0.345 e. The molecular formula is C12H11O6. The van der Waals surface area contributed by atoms with E-state index >= 15 is 0 Å². The number of rotatable bonds is 4. The van der Waals surface area contributed by atoms with Crippen LogP contribution in [0.1, 0.15) is 27.6 Å². The molecule has 0 saturated carbocycles. The van der Waals surface area contributed by atoms with E-state index in [4.69, 9.17) is 10.2 Å². The van der Waals surface area contributed by atoms with Crippen LogP contribution in [0.3, 0.4) is 0 Å². The first-order valence-corrected chi connectivity index (χ1v) is 5.02. The molecule has 1 rings (SSSR count). The molecule has 0 aliphatic rings. The molecule has 6 nitrogen and oxygen atoms in total. The fourth-order valence-corrected chi connectivity index (χ4v) is 1.13. The van der Waals surface area contributed by atoms with E-state index in [2.05, 4.69) is 4.74 Å². The van der Waals surface area contributed by atoms with Gasteiger partial charge >= 0.3 is 17.9 Å². The van der Waals surface area contributed by atoms with Crippen LogP contribution >= 0.6 is 0 Å². The summed E-state index contributed by atoms with van der Waals surface area (Å²) in [6.07, 6.45) is -0.333. The summed E-state index contributed by atoms with van der Waals surface area (Å²) >= 11 is 0. The molecule has 95 valence electrons. The minimum atomic E-state index is -1.49. The predicted octanol–water partition coefficient (Wildman–Crippen LogP) is 0.653. The summed E-state index contributed by atoms with van der Waals surface area (Å²) < 4.78 is 4.37. The fourth-order valence-electron chi connectivity index (χ4n) is 1.13. The molecule has 0 aliphatic heterocycles. The summed E-state index contributed by atoms with van der Waals surface area (Å²) in [5, 5.41) is 17.8. The van der Waals surface area contributed by atoms with Crippen molar-refractivity contribution in [3.05, 3.63) is 41.8 Å². The molecule has 1 atom stereocenters. The van der Waals surface area contributed by atoms with Crippen molar-refractivity contribution in [2.24, 2.45) is 0 Å². The van der Waals surface area contributed by atoms with E-state index in [1.165, 1.54) is 25.1 Å². The van der Waals surface area contributed by atoms with Crippen molar-refractivity contribution in [1.82, 2.24) is 0 Å². The van der Waals surface area contributed by atoms with Crippen molar-refractivity contribution in [3.63, 3.8) is 0 Å². The lowest BCUT2D eigenvalue weighted by atomic mass is 10.1. The third-order valence-electron chi connectivity index (χ3n) is 2.10. The van der Waals surface area contributed by atoms with Gasteiger partial charge < -0.3 is 14.9 Å². The van der Waals surface area contributed by atoms with E-state index < -0.39 is 24.0 Å². The van der Waals surface area contributed by atoms with Crippen LogP contribution in [0.2, 0.25) is 0 Å². The fraction of sp³-hybridized carbons (Fsp3) is 0.167. The molecule has 0 aliphatic carbocycles. The van der Waals surface area contributed by atoms with Crippen LogP contribution in [0.15, 0.2) is 24.3 Å². The van der Waals surface area contributed by atoms with Gasteiger partial charge in [-0.25, -0.2) is 14.4 Å². The van der Waals surface area contributed by atoms with Gasteiger partial charge in [-0.3, -0.25) is 0 Å². The number of carbonyl (C=O) groups is 3. The third kappa shape index (κ3) is 3.39. The highest BCUT2D eigenvalue weighted by molar-refractivity contribution is 5.99. The molecule has 0 bridgehead atoms. The largest absolute Gasteiger partial charge is 0.478 e. The van der Waals surface area contributed by atoms with Crippen molar-refractivity contribution in [2.75, 3.05) is 0 Å². The Bertz CT molecular complexity index is 479. The monoisotopic (exact) mass is 251 g/mol. The Morgan fingerprint density at radius 2 is 1.89 bits per heavy atom. The molecular weight excluding hydrogens is 240 g/mol. The number of aliphatic hydroxyl groups excluding tert-OH is 1. The minimum Gasteiger partial charge on any atom is -0.478 e. The van der Waals surface area contributed by atoms with Crippen LogP contribution < -0.4 is 0 Å². The highest BCUT2D eigenvalue weighted by Crippen LogP contribution is 2.08. The average molecular weight is 251 g/mol. The van der Waals surface area contributed by atoms with E-state index in [-0.39, 0.29) is 11.1 Å². The first-order valence-electron chi connectivity index (χ1n) is 5.02. The second-order valence-corrected chi connectivity index (χ2v) is 3.37. The predicted molar refractivity (Wildman–Crippen MR) is 59.8 cm³/mol. The zero-order valence-electron chi connectivity index (χ0n) is 9.49. The maximum Gasteiger partial charge on any atom is 0.345 e. The highest BCUT2D eigenvalue weighted by atomic mass is 16.6. The number of hydrogen-bond donors (Lipinski definition) is 2. The van der Waals surface area contributed by atoms with Gasteiger partial charge in [0.25, 0.3) is 0 Å². The first-order chi connectivity index (χ1) is 8.45. The van der Waals surface area contributed by atoms with Crippen LogP contribution in [-0.2, 0) is 9.53 Å². The van der Waals surface area contributed by atoms with Gasteiger partial charge in [0.2, 0.25) is 0 Å². The van der Waals surface area contributed by atoms with Crippen LogP contribution in [0.4, 0.5) is 0 Å². The van der Waals surface area contributed by atoms with Crippen molar-refractivity contribution in [2.45, 2.75) is 13.0 Å². The van der Waals surface area contributed by atoms with E-state index in [1.807, 2.05) is 0 Å². The standard InChI is InChI=1S/C12H11O6/c1-2-9(13)12(17)18-11(16)8-5-3-4-7(6-8)10(14)15/h2-6,9,13H,1H3,(H,14,15). The van der Waals surface area contributed by atoms with Gasteiger partial charge in [-0.15, -0.1) is 0 Å². The van der Waals surface area contributed by atoms with Crippen molar-refractivity contribution in [3.8, 4) is 0 Å². The maximum atomic E-state index is 11.5. The SMILES string of the molecule is C[CH]C(O)C(=O)OC(=O)c1cccc(C(=O)O)c1. The first kappa shape index (κ1) is 13.9. The van der Waals surface area contributed by atoms with Crippen LogP contribution in [0.5, 0.6) is 0 Å². The third-order valence-corrected chi connectivity index (χ3v) is 2.10. The van der Waals surface area contributed by atoms with Crippen molar-refractivity contribution >= 4 is 17.9 Å². The summed E-state index contributed by atoms with van der Waals surface area (Å²) in [4.78, 5) is 33.3. The second kappa shape index (κ2) is 5.92. The number of benzene rings is 1. The number of carboxylic acids is 1. The van der Waals surface area contributed by atoms with Crippen LogP contribution in [0.25, 0.3) is 0 Å². The Balaban J connectivity index is 2.82. The molecule has 0 saturated heterocycles. The summed E-state index contributed by atoms with van der Waals surface area (Å²) in [7, 11) is 0. The van der Waals surface area contributed by atoms with Gasteiger partial charge in [-0.1, -0.05) is 13.0 Å². The van der Waals surface area contributed by atoms with Crippen LogP contribution in [0, 0.1) is 6.42 Å². The molecule has 6 heteroatoms. The topological polar surface area (TPSA) is 101 Å². The molecule has 0 fully saturated rings. The molecule has 1 aromatic carbocycles. The Hall–Kier alpha value is -2.21. The number of ether oxygens (including phenoxy) is 1. The minimum absolute atomic E-state index is 0.0773. The summed E-state index contributed by atoms with van der Waals surface area (Å²) in [6, 6.07) is 5.05. The van der Waals surface area contributed by atoms with E-state index in [1.54, 1.807) is 0 Å². The molecule has 0 aromatic heterocycles. The van der Waals surface area contributed by atoms with Gasteiger partial charge in [0.05, 0.1) is 11.1 Å². The van der Waals surface area contributed by atoms with E-state index in [0.717, 1.165) is 12.5 Å². The average Bonchev–Trinajstić information content (AvgIpc) is 2.37. The molecule has 2 N–H and O–H groups in total. The number of aromatic carboxylic acids is 1. The Labute approximate surface area is 103 Å². The second-order valence-electron chi connectivity index (χ2n) is 3.37. The molecule has 0 amide bonds. The van der Waals surface area contributed by atoms with Gasteiger partial charge in [-0.05, 0) is 24.6 Å². The van der Waals surface area contributed by atoms with Gasteiger partial charge in [0.1, 0.15) is 0 Å². The lowest BCUT2D eigenvalue weighted by molar-refractivity contribution is -0.145. The Morgan fingerprint density at radius 1 is 1.28 bits per heavy atom. The Morgan fingerprint density at radius 3 is 2.44 bits per heavy atom. The van der Waals surface area contributed by atoms with Crippen molar-refractivity contribution in [1.29, 1.82) is 0 Å². The zero-order valence-corrected chi connectivity index (χ0v) is 9.49. The molecule has 0 spiro atoms. The number of aliphatic hydroxyl groups is 1. The number of carboxylic acid groups (broad SMARTS) is 1. The normalized spacial score (nSPS) is 11.7.